The number of carbonyl (C=O) groups is 2. The van der Waals surface area contributed by atoms with Crippen LogP contribution < -0.4 is 4.90 Å². The van der Waals surface area contributed by atoms with Crippen LogP contribution >= 0.6 is 0 Å². The van der Waals surface area contributed by atoms with Gasteiger partial charge in [0.1, 0.15) is 17.0 Å². The summed E-state index contributed by atoms with van der Waals surface area (Å²) in [5, 5.41) is 0. The van der Waals surface area contributed by atoms with Gasteiger partial charge in [-0.15, -0.1) is 0 Å². The lowest BCUT2D eigenvalue weighted by Gasteiger charge is -2.36. The van der Waals surface area contributed by atoms with Crippen molar-refractivity contribution in [2.45, 2.75) is 44.8 Å². The minimum atomic E-state index is -0.778. The van der Waals surface area contributed by atoms with E-state index < -0.39 is 11.2 Å². The van der Waals surface area contributed by atoms with Crippen LogP contribution in [0, 0.1) is 5.82 Å². The molecule has 1 aromatic rings. The van der Waals surface area contributed by atoms with Gasteiger partial charge in [-0.25, -0.2) is 9.18 Å². The SMILES string of the molecule is CC(C)(C)OC(=O)N1CCN(c2ccc(C3(OC=O)CC3)c(F)c2)CC1. The fourth-order valence-electron chi connectivity index (χ4n) is 3.20. The van der Waals surface area contributed by atoms with Gasteiger partial charge in [-0.3, -0.25) is 4.79 Å². The molecule has 1 saturated heterocycles. The minimum Gasteiger partial charge on any atom is -0.456 e. The van der Waals surface area contributed by atoms with Gasteiger partial charge in [0.15, 0.2) is 0 Å². The predicted octanol–water partition coefficient (Wildman–Crippen LogP) is 3.04. The Bertz CT molecular complexity index is 689. The number of hydrogen-bond acceptors (Lipinski definition) is 5. The van der Waals surface area contributed by atoms with Crippen LogP contribution in [0.25, 0.3) is 0 Å². The molecule has 0 radical (unpaired) electrons. The molecule has 0 N–H and O–H groups in total. The summed E-state index contributed by atoms with van der Waals surface area (Å²) in [5.41, 5.74) is -0.104. The van der Waals surface area contributed by atoms with Gasteiger partial charge in [-0.2, -0.15) is 0 Å². The van der Waals surface area contributed by atoms with Crippen molar-refractivity contribution in [3.05, 3.63) is 29.6 Å². The number of ether oxygens (including phenoxy) is 2. The molecular weight excluding hydrogens is 339 g/mol. The van der Waals surface area contributed by atoms with E-state index in [2.05, 4.69) is 0 Å². The zero-order valence-electron chi connectivity index (χ0n) is 15.5. The topological polar surface area (TPSA) is 59.1 Å². The zero-order chi connectivity index (χ0) is 18.9. The van der Waals surface area contributed by atoms with Crippen LogP contribution in [0.4, 0.5) is 14.9 Å². The second kappa shape index (κ2) is 6.78. The summed E-state index contributed by atoms with van der Waals surface area (Å²) in [5.74, 6) is -0.364. The van der Waals surface area contributed by atoms with Crippen molar-refractivity contribution in [1.82, 2.24) is 4.90 Å². The third-order valence-corrected chi connectivity index (χ3v) is 4.72. The summed E-state index contributed by atoms with van der Waals surface area (Å²) in [4.78, 5) is 26.5. The number of benzene rings is 1. The first kappa shape index (κ1) is 18.5. The lowest BCUT2D eigenvalue weighted by atomic mass is 10.1. The largest absolute Gasteiger partial charge is 0.456 e. The molecule has 0 atom stereocenters. The highest BCUT2D eigenvalue weighted by Gasteiger charge is 2.48. The van der Waals surface area contributed by atoms with Crippen molar-refractivity contribution < 1.29 is 23.5 Å². The first-order chi connectivity index (χ1) is 12.2. The molecule has 1 amide bonds. The maximum Gasteiger partial charge on any atom is 0.410 e. The zero-order valence-corrected chi connectivity index (χ0v) is 15.5. The van der Waals surface area contributed by atoms with Crippen molar-refractivity contribution >= 4 is 18.3 Å². The summed E-state index contributed by atoms with van der Waals surface area (Å²) in [6.07, 6.45) is 0.980. The Morgan fingerprint density at radius 1 is 1.19 bits per heavy atom. The molecule has 3 rings (SSSR count). The Hall–Kier alpha value is -2.31. The van der Waals surface area contributed by atoms with Crippen molar-refractivity contribution in [2.75, 3.05) is 31.1 Å². The molecule has 26 heavy (non-hydrogen) atoms. The van der Waals surface area contributed by atoms with Crippen LogP contribution in [0.5, 0.6) is 0 Å². The number of rotatable bonds is 4. The van der Waals surface area contributed by atoms with Crippen LogP contribution in [0.1, 0.15) is 39.2 Å². The number of amides is 1. The Morgan fingerprint density at radius 3 is 2.35 bits per heavy atom. The maximum atomic E-state index is 14.5. The molecule has 1 aliphatic carbocycles. The van der Waals surface area contributed by atoms with Crippen molar-refractivity contribution in [3.8, 4) is 0 Å². The second-order valence-electron chi connectivity index (χ2n) is 7.83. The maximum absolute atomic E-state index is 14.5. The van der Waals surface area contributed by atoms with Crippen molar-refractivity contribution in [3.63, 3.8) is 0 Å². The fourth-order valence-corrected chi connectivity index (χ4v) is 3.20. The molecule has 0 spiro atoms. The van der Waals surface area contributed by atoms with E-state index in [1.165, 1.54) is 6.07 Å². The van der Waals surface area contributed by atoms with Crippen LogP contribution in [-0.2, 0) is 19.9 Å². The average molecular weight is 364 g/mol. The molecule has 2 fully saturated rings. The normalized spacial score (nSPS) is 19.1. The second-order valence-corrected chi connectivity index (χ2v) is 7.83. The third-order valence-electron chi connectivity index (χ3n) is 4.72. The van der Waals surface area contributed by atoms with E-state index in [0.29, 0.717) is 51.1 Å². The van der Waals surface area contributed by atoms with E-state index >= 15 is 0 Å². The molecule has 0 unspecified atom stereocenters. The molecule has 1 aliphatic heterocycles. The van der Waals surface area contributed by atoms with E-state index in [1.54, 1.807) is 11.0 Å². The standard InChI is InChI=1S/C19H25FN2O4/c1-18(2,3)26-17(24)22-10-8-21(9-11-22)14-4-5-15(16(20)12-14)19(6-7-19)25-13-23/h4-5,12-13H,6-11H2,1-3H3. The molecule has 0 aromatic heterocycles. The van der Waals surface area contributed by atoms with Crippen LogP contribution in [0.3, 0.4) is 0 Å². The number of anilines is 1. The van der Waals surface area contributed by atoms with E-state index in [9.17, 15) is 14.0 Å². The van der Waals surface area contributed by atoms with Gasteiger partial charge in [0, 0.05) is 37.4 Å². The molecule has 1 aromatic carbocycles. The van der Waals surface area contributed by atoms with Crippen molar-refractivity contribution in [1.29, 1.82) is 0 Å². The lowest BCUT2D eigenvalue weighted by molar-refractivity contribution is -0.136. The van der Waals surface area contributed by atoms with Crippen LogP contribution in [0.15, 0.2) is 18.2 Å². The molecule has 142 valence electrons. The summed E-state index contributed by atoms with van der Waals surface area (Å²) in [6, 6.07) is 5.02. The van der Waals surface area contributed by atoms with Gasteiger partial charge in [0.05, 0.1) is 0 Å². The number of carbonyl (C=O) groups excluding carboxylic acids is 2. The minimum absolute atomic E-state index is 0.319. The molecule has 6 nitrogen and oxygen atoms in total. The Morgan fingerprint density at radius 2 is 1.85 bits per heavy atom. The Balaban J connectivity index is 1.62. The highest BCUT2D eigenvalue weighted by atomic mass is 19.1. The van der Waals surface area contributed by atoms with Gasteiger partial charge < -0.3 is 19.3 Å². The van der Waals surface area contributed by atoms with Gasteiger partial charge in [-0.05, 0) is 45.7 Å². The molecule has 0 bridgehead atoms. The number of nitrogens with zero attached hydrogens (tertiary/aromatic N) is 2. The van der Waals surface area contributed by atoms with Crippen molar-refractivity contribution in [2.24, 2.45) is 0 Å². The van der Waals surface area contributed by atoms with Gasteiger partial charge in [0.2, 0.25) is 0 Å². The van der Waals surface area contributed by atoms with Crippen LogP contribution in [-0.4, -0.2) is 49.2 Å². The average Bonchev–Trinajstić information content (AvgIpc) is 3.34. The summed E-state index contributed by atoms with van der Waals surface area (Å²) < 4.78 is 25.0. The van der Waals surface area contributed by atoms with Gasteiger partial charge >= 0.3 is 6.09 Å². The Kier molecular flexibility index (Phi) is 4.82. The van der Waals surface area contributed by atoms with E-state index in [1.807, 2.05) is 31.7 Å². The van der Waals surface area contributed by atoms with E-state index in [0.717, 1.165) is 5.69 Å². The number of piperazine rings is 1. The molecule has 1 heterocycles. The van der Waals surface area contributed by atoms with E-state index in [4.69, 9.17) is 9.47 Å². The first-order valence-electron chi connectivity index (χ1n) is 8.88. The van der Waals surface area contributed by atoms with Crippen LogP contribution in [0.2, 0.25) is 0 Å². The summed E-state index contributed by atoms with van der Waals surface area (Å²) >= 11 is 0. The lowest BCUT2D eigenvalue weighted by Crippen LogP contribution is -2.50. The Labute approximate surface area is 152 Å². The number of hydrogen-bond donors (Lipinski definition) is 0. The third kappa shape index (κ3) is 3.92. The van der Waals surface area contributed by atoms with Gasteiger partial charge in [0.25, 0.3) is 6.47 Å². The number of halogens is 1. The quantitative estimate of drug-likeness (QED) is 0.769. The monoisotopic (exact) mass is 364 g/mol. The molecule has 2 aliphatic rings. The predicted molar refractivity (Wildman–Crippen MR) is 94.5 cm³/mol. The molecule has 7 heteroatoms. The summed E-state index contributed by atoms with van der Waals surface area (Å²) in [6.45, 7) is 8.16. The highest BCUT2D eigenvalue weighted by Crippen LogP contribution is 2.50. The van der Waals surface area contributed by atoms with E-state index in [-0.39, 0.29) is 11.9 Å². The molecule has 1 saturated carbocycles. The van der Waals surface area contributed by atoms with Gasteiger partial charge in [-0.1, -0.05) is 6.07 Å². The summed E-state index contributed by atoms with van der Waals surface area (Å²) in [7, 11) is 0. The highest BCUT2D eigenvalue weighted by molar-refractivity contribution is 5.68. The smallest absolute Gasteiger partial charge is 0.410 e. The first-order valence-corrected chi connectivity index (χ1v) is 8.88. The fraction of sp³-hybridized carbons (Fsp3) is 0.579. The molecular formula is C19H25FN2O4.